The summed E-state index contributed by atoms with van der Waals surface area (Å²) in [6.07, 6.45) is 5.26. The van der Waals surface area contributed by atoms with Gasteiger partial charge in [-0.2, -0.15) is 0 Å². The van der Waals surface area contributed by atoms with Gasteiger partial charge in [-0.05, 0) is 49.1 Å². The fourth-order valence-corrected chi connectivity index (χ4v) is 7.66. The second-order valence-electron chi connectivity index (χ2n) is 9.14. The van der Waals surface area contributed by atoms with Crippen molar-refractivity contribution in [2.45, 2.75) is 42.9 Å². The number of hydrogen-bond acceptors (Lipinski definition) is 4. The molecule has 2 bridgehead atoms. The number of amides is 1. The Balaban J connectivity index is 1.53. The van der Waals surface area contributed by atoms with Gasteiger partial charge in [-0.25, -0.2) is 0 Å². The topological polar surface area (TPSA) is 42.0 Å². The molecule has 1 aliphatic carbocycles. The molecule has 5 heteroatoms. The molecule has 3 saturated heterocycles. The van der Waals surface area contributed by atoms with E-state index >= 15 is 0 Å². The number of carbonyl (C=O) groups excluding carboxylic acids is 1. The Labute approximate surface area is 158 Å². The third kappa shape index (κ3) is 1.56. The number of hydrogen-bond donors (Lipinski definition) is 0. The van der Waals surface area contributed by atoms with Crippen molar-refractivity contribution in [3.63, 3.8) is 0 Å². The highest BCUT2D eigenvalue weighted by Crippen LogP contribution is 2.65. The Morgan fingerprint density at radius 3 is 3.15 bits per heavy atom. The molecular weight excluding hydrogens is 340 g/mol. The summed E-state index contributed by atoms with van der Waals surface area (Å²) in [6.45, 7) is 2.88. The number of rotatable bonds is 1. The van der Waals surface area contributed by atoms with E-state index in [-0.39, 0.29) is 23.5 Å². The van der Waals surface area contributed by atoms with Crippen LogP contribution in [0.3, 0.4) is 0 Å². The number of ether oxygens (including phenoxy) is 2. The number of anilines is 1. The summed E-state index contributed by atoms with van der Waals surface area (Å²) in [5.74, 6) is 2.14. The maximum atomic E-state index is 13.3. The van der Waals surface area contributed by atoms with Crippen molar-refractivity contribution in [2.24, 2.45) is 11.8 Å². The highest BCUT2D eigenvalue weighted by atomic mass is 16.5. The van der Waals surface area contributed by atoms with Crippen molar-refractivity contribution in [3.8, 4) is 5.75 Å². The van der Waals surface area contributed by atoms with Crippen LogP contribution in [0.5, 0.6) is 5.75 Å². The van der Waals surface area contributed by atoms with E-state index in [1.165, 1.54) is 12.0 Å². The number of piperidine rings is 2. The molecule has 0 aromatic heterocycles. The van der Waals surface area contributed by atoms with Gasteiger partial charge in [0.15, 0.2) is 0 Å². The average molecular weight is 364 g/mol. The van der Waals surface area contributed by atoms with Crippen LogP contribution >= 0.6 is 0 Å². The van der Waals surface area contributed by atoms with Crippen LogP contribution in [0.25, 0.3) is 0 Å². The zero-order valence-electron chi connectivity index (χ0n) is 15.6. The quantitative estimate of drug-likeness (QED) is 0.716. The number of carbonyl (C=O) groups is 1. The fourth-order valence-electron chi connectivity index (χ4n) is 7.66. The van der Waals surface area contributed by atoms with Crippen LogP contribution < -0.4 is 9.64 Å². The lowest BCUT2D eigenvalue weighted by molar-refractivity contribution is -0.132. The molecule has 7 rings (SSSR count). The van der Waals surface area contributed by atoms with Crippen molar-refractivity contribution < 1.29 is 14.3 Å². The first kappa shape index (κ1) is 15.1. The van der Waals surface area contributed by atoms with E-state index in [1.807, 2.05) is 6.07 Å². The molecule has 1 amide bonds. The summed E-state index contributed by atoms with van der Waals surface area (Å²) < 4.78 is 11.9. The molecule has 140 valence electrons. The lowest BCUT2D eigenvalue weighted by atomic mass is 9.53. The summed E-state index contributed by atoms with van der Waals surface area (Å²) in [4.78, 5) is 18.2. The van der Waals surface area contributed by atoms with Crippen molar-refractivity contribution in [1.82, 2.24) is 4.90 Å². The minimum Gasteiger partial charge on any atom is -0.497 e. The maximum absolute atomic E-state index is 13.3. The van der Waals surface area contributed by atoms with E-state index < -0.39 is 0 Å². The molecule has 4 fully saturated rings. The summed E-state index contributed by atoms with van der Waals surface area (Å²) in [5.41, 5.74) is 4.09. The van der Waals surface area contributed by atoms with Crippen molar-refractivity contribution in [3.05, 3.63) is 35.4 Å². The van der Waals surface area contributed by atoms with Crippen LogP contribution in [0.1, 0.15) is 24.8 Å². The molecule has 6 atom stereocenters. The van der Waals surface area contributed by atoms with Gasteiger partial charge in [-0.1, -0.05) is 11.6 Å². The van der Waals surface area contributed by atoms with Gasteiger partial charge in [0, 0.05) is 29.6 Å². The summed E-state index contributed by atoms with van der Waals surface area (Å²) >= 11 is 0. The van der Waals surface area contributed by atoms with Gasteiger partial charge < -0.3 is 14.4 Å². The third-order valence-corrected chi connectivity index (χ3v) is 8.52. The van der Waals surface area contributed by atoms with Crippen molar-refractivity contribution >= 4 is 11.6 Å². The van der Waals surface area contributed by atoms with Gasteiger partial charge in [-0.15, -0.1) is 0 Å². The molecule has 1 spiro atoms. The first-order chi connectivity index (χ1) is 13.2. The smallest absolute Gasteiger partial charge is 0.229 e. The second-order valence-corrected chi connectivity index (χ2v) is 9.14. The number of fused-ring (bicyclic) bond motifs is 2. The molecule has 1 aromatic rings. The van der Waals surface area contributed by atoms with Crippen LogP contribution in [0, 0.1) is 11.8 Å². The number of nitrogens with zero attached hydrogens (tertiary/aromatic N) is 2. The van der Waals surface area contributed by atoms with Gasteiger partial charge in [0.2, 0.25) is 5.91 Å². The van der Waals surface area contributed by atoms with Crippen molar-refractivity contribution in [2.75, 3.05) is 31.7 Å². The molecule has 0 radical (unpaired) electrons. The minimum absolute atomic E-state index is 0.0403. The predicted molar refractivity (Wildman–Crippen MR) is 100.0 cm³/mol. The standard InChI is InChI=1S/C22H24N2O3/c1-26-13-2-3-16-15(8-13)22-5-6-23-11-12-4-7-27-17-10-19(25)24(16)21(22)20(17)14(12)9-18(22)23/h2-4,8,14,17-18,20-21H,5-7,9-11H2,1H3/t14?,17?,18?,20?,21-,22?/m0/s1. The lowest BCUT2D eigenvalue weighted by Crippen LogP contribution is -2.69. The molecule has 5 unspecified atom stereocenters. The van der Waals surface area contributed by atoms with E-state index in [0.717, 1.165) is 30.9 Å². The van der Waals surface area contributed by atoms with Gasteiger partial charge >= 0.3 is 0 Å². The third-order valence-electron chi connectivity index (χ3n) is 8.52. The Kier molecular flexibility index (Phi) is 2.66. The van der Waals surface area contributed by atoms with Crippen LogP contribution in [-0.2, 0) is 14.9 Å². The molecular formula is C22H24N2O3. The monoisotopic (exact) mass is 364 g/mol. The molecule has 5 heterocycles. The normalized spacial score (nSPS) is 43.3. The highest BCUT2D eigenvalue weighted by Gasteiger charge is 2.71. The zero-order valence-corrected chi connectivity index (χ0v) is 15.6. The van der Waals surface area contributed by atoms with Gasteiger partial charge in [0.05, 0.1) is 32.3 Å². The SMILES string of the molecule is COc1ccc2c(c1)C13CCN4CC5=CCOC6CC(=O)N2[C@H]1C6C5CC43. The average Bonchev–Trinajstić information content (AvgIpc) is 3.15. The van der Waals surface area contributed by atoms with E-state index in [0.29, 0.717) is 30.9 Å². The van der Waals surface area contributed by atoms with E-state index in [2.05, 4.69) is 28.0 Å². The summed E-state index contributed by atoms with van der Waals surface area (Å²) in [5, 5.41) is 0. The minimum atomic E-state index is 0.0403. The Hall–Kier alpha value is -1.85. The molecule has 1 aromatic carbocycles. The molecule has 27 heavy (non-hydrogen) atoms. The molecule has 1 saturated carbocycles. The van der Waals surface area contributed by atoms with E-state index in [1.54, 1.807) is 12.7 Å². The Morgan fingerprint density at radius 1 is 1.33 bits per heavy atom. The Bertz CT molecular complexity index is 911. The lowest BCUT2D eigenvalue weighted by Gasteiger charge is -2.58. The van der Waals surface area contributed by atoms with Crippen LogP contribution in [-0.4, -0.2) is 55.8 Å². The van der Waals surface area contributed by atoms with Crippen LogP contribution in [0.15, 0.2) is 29.8 Å². The first-order valence-corrected chi connectivity index (χ1v) is 10.3. The molecule has 6 aliphatic rings. The number of benzene rings is 1. The predicted octanol–water partition coefficient (Wildman–Crippen LogP) is 2.10. The highest BCUT2D eigenvalue weighted by molar-refractivity contribution is 5.99. The second kappa shape index (κ2) is 4.76. The van der Waals surface area contributed by atoms with Crippen molar-refractivity contribution in [1.29, 1.82) is 0 Å². The van der Waals surface area contributed by atoms with E-state index in [4.69, 9.17) is 9.47 Å². The number of methoxy groups -OCH3 is 1. The van der Waals surface area contributed by atoms with Crippen LogP contribution in [0.4, 0.5) is 5.69 Å². The molecule has 5 aliphatic heterocycles. The fraction of sp³-hybridized carbons (Fsp3) is 0.591. The summed E-state index contributed by atoms with van der Waals surface area (Å²) in [6, 6.07) is 7.13. The molecule has 5 nitrogen and oxygen atoms in total. The molecule has 0 N–H and O–H groups in total. The van der Waals surface area contributed by atoms with Gasteiger partial charge in [0.1, 0.15) is 5.75 Å². The largest absolute Gasteiger partial charge is 0.497 e. The van der Waals surface area contributed by atoms with Crippen LogP contribution in [0.2, 0.25) is 0 Å². The van der Waals surface area contributed by atoms with Gasteiger partial charge in [0.25, 0.3) is 0 Å². The maximum Gasteiger partial charge on any atom is 0.229 e. The van der Waals surface area contributed by atoms with E-state index in [9.17, 15) is 4.79 Å². The first-order valence-electron chi connectivity index (χ1n) is 10.3. The zero-order chi connectivity index (χ0) is 17.9. The summed E-state index contributed by atoms with van der Waals surface area (Å²) in [7, 11) is 1.73. The Morgan fingerprint density at radius 2 is 2.26 bits per heavy atom. The van der Waals surface area contributed by atoms with Gasteiger partial charge in [-0.3, -0.25) is 9.69 Å².